The fourth-order valence-electron chi connectivity index (χ4n) is 3.41. The number of aryl methyl sites for hydroxylation is 1. The maximum absolute atomic E-state index is 12.7. The predicted molar refractivity (Wildman–Crippen MR) is 127 cm³/mol. The predicted octanol–water partition coefficient (Wildman–Crippen LogP) is 4.40. The van der Waals surface area contributed by atoms with Crippen LogP contribution < -0.4 is 16.4 Å². The lowest BCUT2D eigenvalue weighted by Gasteiger charge is -2.27. The average molecular weight is 451 g/mol. The smallest absolute Gasteiger partial charge is 0.320 e. The Balaban J connectivity index is 1.72. The van der Waals surface area contributed by atoms with Gasteiger partial charge in [-0.2, -0.15) is 0 Å². The number of nitrogen functional groups attached to an aromatic ring is 1. The van der Waals surface area contributed by atoms with Crippen LogP contribution in [0.2, 0.25) is 0 Å². The van der Waals surface area contributed by atoms with Crippen LogP contribution in [0.25, 0.3) is 0 Å². The minimum absolute atomic E-state index is 0.217. The Morgan fingerprint density at radius 2 is 2.18 bits per heavy atom. The molecule has 0 aromatic carbocycles. The molecule has 1 aliphatic heterocycles. The lowest BCUT2D eigenvalue weighted by atomic mass is 9.99. The molecular weight excluding hydrogens is 423 g/mol. The van der Waals surface area contributed by atoms with Gasteiger partial charge in [0.15, 0.2) is 0 Å². The van der Waals surface area contributed by atoms with Crippen molar-refractivity contribution < 1.29 is 13.9 Å². The molecule has 0 saturated carbocycles. The van der Waals surface area contributed by atoms with Gasteiger partial charge in [-0.25, -0.2) is 14.2 Å². The van der Waals surface area contributed by atoms with Crippen LogP contribution in [0.1, 0.15) is 36.6 Å². The van der Waals surface area contributed by atoms with Crippen molar-refractivity contribution in [3.05, 3.63) is 83.3 Å². The summed E-state index contributed by atoms with van der Waals surface area (Å²) >= 11 is 0. The Bertz CT molecular complexity index is 1130. The van der Waals surface area contributed by atoms with Gasteiger partial charge < -0.3 is 15.8 Å². The zero-order chi connectivity index (χ0) is 23.8. The number of pyridine rings is 2. The number of carbonyl (C=O) groups excluding carboxylic acids is 1. The van der Waals surface area contributed by atoms with Gasteiger partial charge in [0.05, 0.1) is 24.7 Å². The van der Waals surface area contributed by atoms with Crippen LogP contribution in [0.3, 0.4) is 0 Å². The number of rotatable bonds is 7. The van der Waals surface area contributed by atoms with Crippen LogP contribution in [0.5, 0.6) is 0 Å². The molecule has 1 unspecified atom stereocenters. The monoisotopic (exact) mass is 450 g/mol. The second-order valence-corrected chi connectivity index (χ2v) is 7.43. The summed E-state index contributed by atoms with van der Waals surface area (Å²) in [5.74, 6) is 0.633. The summed E-state index contributed by atoms with van der Waals surface area (Å²) in [6.07, 6.45) is 9.82. The number of carbonyl (C=O) groups is 1. The molecule has 3 rings (SSSR count). The summed E-state index contributed by atoms with van der Waals surface area (Å²) in [6, 6.07) is 4.19. The van der Waals surface area contributed by atoms with Crippen molar-refractivity contribution >= 4 is 23.2 Å². The number of ether oxygens (including phenoxy) is 1. The molecular formula is C24H27FN6O2. The molecule has 3 heterocycles. The lowest BCUT2D eigenvalue weighted by molar-refractivity contribution is 0.185. The zero-order valence-corrected chi connectivity index (χ0v) is 18.6. The van der Waals surface area contributed by atoms with E-state index in [9.17, 15) is 9.18 Å². The third kappa shape index (κ3) is 6.03. The van der Waals surface area contributed by atoms with Crippen molar-refractivity contribution in [1.29, 1.82) is 5.41 Å². The van der Waals surface area contributed by atoms with Crippen molar-refractivity contribution in [2.45, 2.75) is 32.7 Å². The molecule has 1 aliphatic rings. The van der Waals surface area contributed by atoms with Crippen LogP contribution in [-0.2, 0) is 4.74 Å². The number of halogens is 1. The van der Waals surface area contributed by atoms with E-state index in [4.69, 9.17) is 15.9 Å². The van der Waals surface area contributed by atoms with Gasteiger partial charge in [0, 0.05) is 59.0 Å². The van der Waals surface area contributed by atoms with E-state index in [-0.39, 0.29) is 17.6 Å². The quantitative estimate of drug-likeness (QED) is 0.465. The summed E-state index contributed by atoms with van der Waals surface area (Å²) < 4.78 is 18.3. The Morgan fingerprint density at radius 1 is 1.36 bits per heavy atom. The van der Waals surface area contributed by atoms with Crippen LogP contribution in [0, 0.1) is 12.3 Å². The maximum Gasteiger partial charge on any atom is 0.320 e. The van der Waals surface area contributed by atoms with Crippen LogP contribution >= 0.6 is 0 Å². The molecule has 0 spiro atoms. The van der Waals surface area contributed by atoms with Crippen molar-refractivity contribution in [3.63, 3.8) is 0 Å². The number of nitrogens with one attached hydrogen (secondary N) is 3. The fraction of sp³-hybridized carbons (Fsp3) is 0.250. The van der Waals surface area contributed by atoms with Crippen LogP contribution in [0.4, 0.5) is 20.7 Å². The van der Waals surface area contributed by atoms with Gasteiger partial charge in [-0.3, -0.25) is 15.7 Å². The van der Waals surface area contributed by atoms with E-state index >= 15 is 0 Å². The average Bonchev–Trinajstić information content (AvgIpc) is 2.78. The van der Waals surface area contributed by atoms with Gasteiger partial charge in [-0.1, -0.05) is 19.1 Å². The Hall–Kier alpha value is -4.01. The van der Waals surface area contributed by atoms with Crippen LogP contribution in [0.15, 0.2) is 66.5 Å². The topological polar surface area (TPSA) is 126 Å². The number of urea groups is 1. The molecule has 9 heteroatoms. The Morgan fingerprint density at radius 3 is 2.88 bits per heavy atom. The van der Waals surface area contributed by atoms with E-state index in [2.05, 4.69) is 20.6 Å². The molecule has 33 heavy (non-hydrogen) atoms. The Kier molecular flexibility index (Phi) is 7.91. The zero-order valence-electron chi connectivity index (χ0n) is 18.6. The van der Waals surface area contributed by atoms with Crippen molar-refractivity contribution in [2.24, 2.45) is 0 Å². The molecule has 5 N–H and O–H groups in total. The summed E-state index contributed by atoms with van der Waals surface area (Å²) in [5.41, 5.74) is 9.28. The van der Waals surface area contributed by atoms with E-state index in [0.717, 1.165) is 12.1 Å². The van der Waals surface area contributed by atoms with Gasteiger partial charge in [0.1, 0.15) is 11.6 Å². The minimum atomic E-state index is -0.479. The fourth-order valence-corrected chi connectivity index (χ4v) is 3.41. The summed E-state index contributed by atoms with van der Waals surface area (Å²) in [7, 11) is 0. The molecule has 0 radical (unpaired) electrons. The van der Waals surface area contributed by atoms with E-state index in [0.29, 0.717) is 47.5 Å². The largest absolute Gasteiger partial charge is 0.493 e. The van der Waals surface area contributed by atoms with E-state index in [1.807, 2.05) is 26.0 Å². The molecule has 1 atom stereocenters. The van der Waals surface area contributed by atoms with Crippen molar-refractivity contribution in [3.8, 4) is 0 Å². The lowest BCUT2D eigenvalue weighted by Crippen LogP contribution is -2.41. The Labute approximate surface area is 192 Å². The van der Waals surface area contributed by atoms with Crippen molar-refractivity contribution in [2.75, 3.05) is 17.7 Å². The molecule has 8 nitrogen and oxygen atoms in total. The molecule has 2 amide bonds. The second-order valence-electron chi connectivity index (χ2n) is 7.43. The standard InChI is InChI=1S/C24H27FN6O2/c1-3-4-5-17-20(8-11-33-21(17)6-9-25)30-24(32)31-22-13-19(26)18(14-29-22)23(27)16-7-10-28-15(2)12-16/h4-7,9-10,12-14,20,27H,3,8,11H2,1-2H3,(H4,26,29,30,31,32)/b5-4-,9-6+,27-23?. The highest BCUT2D eigenvalue weighted by atomic mass is 19.1. The number of hydrogen-bond donors (Lipinski definition) is 4. The first kappa shape index (κ1) is 23.6. The minimum Gasteiger partial charge on any atom is -0.493 e. The first-order valence-electron chi connectivity index (χ1n) is 10.6. The van der Waals surface area contributed by atoms with Gasteiger partial charge in [-0.05, 0) is 25.5 Å². The normalized spacial score (nSPS) is 16.2. The molecule has 0 aliphatic carbocycles. The number of hydrogen-bond acceptors (Lipinski definition) is 6. The maximum atomic E-state index is 12.7. The first-order valence-corrected chi connectivity index (χ1v) is 10.6. The number of nitrogens with two attached hydrogens (primary N) is 1. The van der Waals surface area contributed by atoms with Gasteiger partial charge in [-0.15, -0.1) is 0 Å². The van der Waals surface area contributed by atoms with Gasteiger partial charge in [0.25, 0.3) is 0 Å². The molecule has 0 bridgehead atoms. The van der Waals surface area contributed by atoms with E-state index < -0.39 is 6.03 Å². The summed E-state index contributed by atoms with van der Waals surface area (Å²) in [5, 5.41) is 14.0. The van der Waals surface area contributed by atoms with Gasteiger partial charge >= 0.3 is 6.03 Å². The summed E-state index contributed by atoms with van der Waals surface area (Å²) in [6.45, 7) is 4.18. The van der Waals surface area contributed by atoms with Gasteiger partial charge in [0.2, 0.25) is 0 Å². The number of amides is 2. The number of anilines is 2. The SMILES string of the molecule is CC/C=C\C1=C(/C=C/F)OCCC1NC(=O)Nc1cc(N)c(C(=N)c2ccnc(C)c2)cn1. The number of aromatic nitrogens is 2. The second kappa shape index (κ2) is 11.0. The number of nitrogens with zero attached hydrogens (tertiary/aromatic N) is 2. The highest BCUT2D eigenvalue weighted by Crippen LogP contribution is 2.23. The molecule has 2 aromatic heterocycles. The molecule has 0 saturated heterocycles. The van der Waals surface area contributed by atoms with E-state index in [1.165, 1.54) is 18.3 Å². The van der Waals surface area contributed by atoms with E-state index in [1.54, 1.807) is 18.3 Å². The third-order valence-corrected chi connectivity index (χ3v) is 5.01. The molecule has 0 fully saturated rings. The molecule has 2 aromatic rings. The third-order valence-electron chi connectivity index (χ3n) is 5.01. The summed E-state index contributed by atoms with van der Waals surface area (Å²) in [4.78, 5) is 21.0. The highest BCUT2D eigenvalue weighted by Gasteiger charge is 2.23. The number of allylic oxidation sites excluding steroid dienone is 2. The molecule has 172 valence electrons. The van der Waals surface area contributed by atoms with Crippen LogP contribution in [-0.4, -0.2) is 34.4 Å². The van der Waals surface area contributed by atoms with Crippen molar-refractivity contribution in [1.82, 2.24) is 15.3 Å². The first-order chi connectivity index (χ1) is 15.9. The highest BCUT2D eigenvalue weighted by molar-refractivity contribution is 6.13.